The van der Waals surface area contributed by atoms with Crippen LogP contribution in [0.3, 0.4) is 0 Å². The molecule has 1 saturated heterocycles. The maximum Gasteiger partial charge on any atom is 0.339 e. The Kier molecular flexibility index (Phi) is 4.62. The molecule has 0 spiro atoms. The molecule has 192 valence electrons. The Morgan fingerprint density at radius 1 is 1.28 bits per heavy atom. The van der Waals surface area contributed by atoms with Crippen LogP contribution in [0.25, 0.3) is 0 Å². The summed E-state index contributed by atoms with van der Waals surface area (Å²) < 4.78 is 33.2. The quantitative estimate of drug-likeness (QED) is 0.640. The first-order valence-corrected chi connectivity index (χ1v) is 12.4. The Morgan fingerprint density at radius 3 is 2.69 bits per heavy atom. The molecule has 0 bridgehead atoms. The van der Waals surface area contributed by atoms with Crippen LogP contribution in [-0.2, 0) is 14.4 Å². The summed E-state index contributed by atoms with van der Waals surface area (Å²) in [7, 11) is 0. The first kappa shape index (κ1) is 23.7. The van der Waals surface area contributed by atoms with Gasteiger partial charge in [-0.1, -0.05) is 19.9 Å². The van der Waals surface area contributed by atoms with Crippen molar-refractivity contribution in [3.05, 3.63) is 48.3 Å². The maximum absolute atomic E-state index is 17.5. The molecule has 6 rings (SSSR count). The molecule has 0 unspecified atom stereocenters. The van der Waals surface area contributed by atoms with E-state index < -0.39 is 63.4 Å². The molecule has 7 nitrogen and oxygen atoms in total. The number of carboxylic acid groups (broad SMARTS) is 1. The number of aliphatic hydroxyl groups excluding tert-OH is 1. The van der Waals surface area contributed by atoms with Gasteiger partial charge in [0.2, 0.25) is 5.60 Å². The molecule has 9 atom stereocenters. The highest BCUT2D eigenvalue weighted by Gasteiger charge is 2.84. The average molecular weight is 501 g/mol. The molecule has 0 aromatic carbocycles. The minimum atomic E-state index is -2.28. The summed E-state index contributed by atoms with van der Waals surface area (Å²) in [5.41, 5.74) is -7.10. The van der Waals surface area contributed by atoms with Crippen LogP contribution in [0.5, 0.6) is 0 Å². The number of aromatic nitrogens is 1. The largest absolute Gasteiger partial charge is 0.479 e. The topological polar surface area (TPSA) is 100.0 Å². The molecular weight excluding hydrogens is 470 g/mol. The summed E-state index contributed by atoms with van der Waals surface area (Å²) in [5.74, 6) is -3.10. The molecule has 3 saturated carbocycles. The van der Waals surface area contributed by atoms with Gasteiger partial charge in [-0.15, -0.1) is 0 Å². The predicted molar refractivity (Wildman–Crippen MR) is 125 cm³/mol. The number of carbonyl (C=O) groups is 2. The summed E-state index contributed by atoms with van der Waals surface area (Å²) in [6.07, 6.45) is 3.67. The third-order valence-corrected chi connectivity index (χ3v) is 10.6. The van der Waals surface area contributed by atoms with Gasteiger partial charge in [0.1, 0.15) is 6.17 Å². The van der Waals surface area contributed by atoms with Gasteiger partial charge >= 0.3 is 5.97 Å². The second-order valence-corrected chi connectivity index (χ2v) is 11.8. The first-order chi connectivity index (χ1) is 16.8. The molecule has 0 amide bonds. The number of fused-ring (bicyclic) bond motifs is 7. The third-order valence-electron chi connectivity index (χ3n) is 10.6. The van der Waals surface area contributed by atoms with Crippen LogP contribution >= 0.6 is 0 Å². The van der Waals surface area contributed by atoms with Gasteiger partial charge in [0.05, 0.1) is 24.5 Å². The molecule has 1 aromatic heterocycles. The van der Waals surface area contributed by atoms with E-state index >= 15 is 8.78 Å². The Labute approximate surface area is 207 Å². The zero-order valence-electron chi connectivity index (χ0n) is 20.4. The van der Waals surface area contributed by atoms with Crippen molar-refractivity contribution in [1.82, 2.24) is 4.98 Å². The number of hydrogen-bond acceptors (Lipinski definition) is 6. The zero-order chi connectivity index (χ0) is 25.9. The van der Waals surface area contributed by atoms with E-state index in [1.807, 2.05) is 6.92 Å². The van der Waals surface area contributed by atoms with Crippen LogP contribution in [0.2, 0.25) is 0 Å². The molecule has 1 aromatic rings. The minimum Gasteiger partial charge on any atom is -0.479 e. The zero-order valence-corrected chi connectivity index (χ0v) is 20.4. The standard InChI is InChI=1S/C27H30F2N2O5/c1-23-7-6-17(32)9-18(23)19(28)10-20-24(2)11-15-14-31(16-5-4-8-30-13-16)36-27(15,22(34)35)25(24,3)12-21(33)26(20,23)29/h4-9,13,15,19-21,33H,10-12,14H2,1-3H3,(H,34,35)/t15-,19-,20-,21-,23-,24-,25-,26-,27-/m0/s1. The van der Waals surface area contributed by atoms with Crippen molar-refractivity contribution >= 4 is 17.4 Å². The molecule has 36 heavy (non-hydrogen) atoms. The van der Waals surface area contributed by atoms with E-state index in [1.165, 1.54) is 17.2 Å². The summed E-state index contributed by atoms with van der Waals surface area (Å²) in [6.45, 7) is 5.37. The van der Waals surface area contributed by atoms with Gasteiger partial charge < -0.3 is 10.2 Å². The lowest BCUT2D eigenvalue weighted by molar-refractivity contribution is -0.259. The summed E-state index contributed by atoms with van der Waals surface area (Å²) in [4.78, 5) is 35.5. The fraction of sp³-hybridized carbons (Fsp3) is 0.593. The number of rotatable bonds is 2. The van der Waals surface area contributed by atoms with Gasteiger partial charge in [-0.2, -0.15) is 0 Å². The molecule has 4 aliphatic carbocycles. The first-order valence-electron chi connectivity index (χ1n) is 12.4. The number of hydrogen-bond donors (Lipinski definition) is 2. The van der Waals surface area contributed by atoms with Crippen LogP contribution < -0.4 is 5.06 Å². The Balaban J connectivity index is 1.49. The normalized spacial score (nSPS) is 49.1. The molecule has 2 N–H and O–H groups in total. The Hall–Kier alpha value is -2.65. The number of aliphatic carboxylic acids is 1. The number of nitrogens with zero attached hydrogens (tertiary/aromatic N) is 2. The van der Waals surface area contributed by atoms with E-state index in [2.05, 4.69) is 4.98 Å². The molecule has 2 heterocycles. The fourth-order valence-electron chi connectivity index (χ4n) is 8.72. The van der Waals surface area contributed by atoms with Crippen molar-refractivity contribution in [3.63, 3.8) is 0 Å². The van der Waals surface area contributed by atoms with Crippen molar-refractivity contribution < 1.29 is 33.4 Å². The second-order valence-electron chi connectivity index (χ2n) is 11.8. The van der Waals surface area contributed by atoms with Crippen LogP contribution in [0, 0.1) is 28.1 Å². The Morgan fingerprint density at radius 2 is 2.03 bits per heavy atom. The van der Waals surface area contributed by atoms with Gasteiger partial charge in [0.15, 0.2) is 11.5 Å². The molecule has 0 radical (unpaired) electrons. The average Bonchev–Trinajstić information content (AvgIpc) is 3.30. The number of halogens is 2. The summed E-state index contributed by atoms with van der Waals surface area (Å²) in [5, 5.41) is 23.7. The highest BCUT2D eigenvalue weighted by Crippen LogP contribution is 2.77. The number of allylic oxidation sites excluding steroid dienone is 4. The van der Waals surface area contributed by atoms with Gasteiger partial charge in [-0.25, -0.2) is 13.6 Å². The third kappa shape index (κ3) is 2.42. The number of carbonyl (C=O) groups excluding carboxylic acids is 1. The van der Waals surface area contributed by atoms with E-state index in [0.29, 0.717) is 12.1 Å². The lowest BCUT2D eigenvalue weighted by Gasteiger charge is -2.66. The van der Waals surface area contributed by atoms with Gasteiger partial charge in [0, 0.05) is 28.9 Å². The van der Waals surface area contributed by atoms with Gasteiger partial charge in [0.25, 0.3) is 0 Å². The van der Waals surface area contributed by atoms with Gasteiger partial charge in [-0.3, -0.25) is 19.7 Å². The SMILES string of the molecule is C[C@]12C[C@H](O)[C@@]3(F)[C@@H](C[C@H](F)C4=CC(=O)C=C[C@@]43C)[C@]1(C)C[C@H]1CN(c3cccnc3)O[C@]12C(=O)O. The highest BCUT2D eigenvalue weighted by molar-refractivity contribution is 6.01. The number of pyridine rings is 1. The summed E-state index contributed by atoms with van der Waals surface area (Å²) >= 11 is 0. The Bertz CT molecular complexity index is 1220. The molecule has 1 aliphatic heterocycles. The van der Waals surface area contributed by atoms with E-state index in [1.54, 1.807) is 38.4 Å². The van der Waals surface area contributed by atoms with Crippen LogP contribution in [0.4, 0.5) is 14.5 Å². The van der Waals surface area contributed by atoms with Crippen molar-refractivity contribution in [2.45, 2.75) is 63.6 Å². The van der Waals surface area contributed by atoms with Crippen molar-refractivity contribution in [3.8, 4) is 0 Å². The minimum absolute atomic E-state index is 0.0464. The van der Waals surface area contributed by atoms with E-state index in [-0.39, 0.29) is 25.0 Å². The molecule has 9 heteroatoms. The maximum atomic E-state index is 17.5. The van der Waals surface area contributed by atoms with E-state index in [0.717, 1.165) is 6.08 Å². The predicted octanol–water partition coefficient (Wildman–Crippen LogP) is 3.59. The highest BCUT2D eigenvalue weighted by atomic mass is 19.1. The smallest absolute Gasteiger partial charge is 0.339 e. The van der Waals surface area contributed by atoms with Crippen LogP contribution in [-0.4, -0.2) is 57.0 Å². The van der Waals surface area contributed by atoms with Crippen LogP contribution in [0.15, 0.2) is 48.3 Å². The molecular formula is C27H30F2N2O5. The monoisotopic (exact) mass is 500 g/mol. The lowest BCUT2D eigenvalue weighted by Crippen LogP contribution is -2.73. The van der Waals surface area contributed by atoms with Crippen molar-refractivity contribution in [1.29, 1.82) is 0 Å². The molecule has 4 fully saturated rings. The molecule has 5 aliphatic rings. The lowest BCUT2D eigenvalue weighted by atomic mass is 9.40. The number of aliphatic hydroxyl groups is 1. The fourth-order valence-corrected chi connectivity index (χ4v) is 8.72. The van der Waals surface area contributed by atoms with Crippen molar-refractivity contribution in [2.75, 3.05) is 11.6 Å². The van der Waals surface area contributed by atoms with E-state index in [4.69, 9.17) is 4.84 Å². The summed E-state index contributed by atoms with van der Waals surface area (Å²) in [6, 6.07) is 3.50. The van der Waals surface area contributed by atoms with Gasteiger partial charge in [-0.05, 0) is 61.5 Å². The van der Waals surface area contributed by atoms with Crippen LogP contribution in [0.1, 0.15) is 40.0 Å². The number of alkyl halides is 2. The number of hydroxylamine groups is 1. The number of carboxylic acids is 1. The number of ketones is 1. The number of anilines is 1. The van der Waals surface area contributed by atoms with E-state index in [9.17, 15) is 19.8 Å². The second kappa shape index (κ2) is 7.01. The van der Waals surface area contributed by atoms with Crippen molar-refractivity contribution in [2.24, 2.45) is 28.1 Å².